The molecule has 3 rings (SSSR count). The molecular weight excluding hydrogens is 413 g/mol. The van der Waals surface area contributed by atoms with Gasteiger partial charge in [-0.3, -0.25) is 0 Å². The zero-order valence-corrected chi connectivity index (χ0v) is 16.5. The largest absolute Gasteiger partial charge is 0.464 e. The van der Waals surface area contributed by atoms with Crippen LogP contribution in [0, 0.1) is 0 Å². The number of pyridine rings is 1. The van der Waals surface area contributed by atoms with Gasteiger partial charge in [0.15, 0.2) is 5.03 Å². The summed E-state index contributed by atoms with van der Waals surface area (Å²) in [4.78, 5) is 17.3. The monoisotopic (exact) mass is 432 g/mol. The third-order valence-corrected chi connectivity index (χ3v) is 6.70. The number of esters is 1. The Bertz CT molecular complexity index is 995. The highest BCUT2D eigenvalue weighted by Gasteiger charge is 2.33. The number of ether oxygens (including phenoxy) is 1. The first kappa shape index (κ1) is 21.1. The second-order valence-electron chi connectivity index (χ2n) is 6.40. The molecule has 0 radical (unpaired) electrons. The topological polar surface area (TPSA) is 84.7 Å². The normalized spacial score (nSPS) is 16.1. The van der Waals surface area contributed by atoms with Gasteiger partial charge in [-0.05, 0) is 24.3 Å². The van der Waals surface area contributed by atoms with E-state index in [-0.39, 0.29) is 36.9 Å². The maximum Gasteiger partial charge on any atom is 0.417 e. The second-order valence-corrected chi connectivity index (χ2v) is 8.29. The van der Waals surface area contributed by atoms with Crippen LogP contribution in [0.4, 0.5) is 19.0 Å². The van der Waals surface area contributed by atoms with Gasteiger partial charge in [0.1, 0.15) is 11.5 Å². The van der Waals surface area contributed by atoms with Crippen LogP contribution in [0.1, 0.15) is 16.1 Å². The zero-order chi connectivity index (χ0) is 21.4. The Morgan fingerprint density at radius 3 is 2.28 bits per heavy atom. The molecule has 12 heteroatoms. The lowest BCUT2D eigenvalue weighted by Crippen LogP contribution is -2.49. The van der Waals surface area contributed by atoms with Gasteiger partial charge >= 0.3 is 12.1 Å². The number of hydrogen-bond acceptors (Lipinski definition) is 6. The number of carbonyl (C=O) groups is 1. The number of carbonyl (C=O) groups excluding carboxylic acids is 1. The first-order valence-corrected chi connectivity index (χ1v) is 10.0. The molecule has 29 heavy (non-hydrogen) atoms. The van der Waals surface area contributed by atoms with Crippen molar-refractivity contribution < 1.29 is 31.1 Å². The summed E-state index contributed by atoms with van der Waals surface area (Å²) in [7, 11) is -1.19. The van der Waals surface area contributed by atoms with Gasteiger partial charge < -0.3 is 14.2 Å². The maximum absolute atomic E-state index is 12.9. The van der Waals surface area contributed by atoms with E-state index in [4.69, 9.17) is 0 Å². The first-order valence-electron chi connectivity index (χ1n) is 8.58. The molecule has 1 saturated heterocycles. The zero-order valence-electron chi connectivity index (χ0n) is 15.7. The fraction of sp³-hybridized carbons (Fsp3) is 0.412. The van der Waals surface area contributed by atoms with Crippen LogP contribution in [0.15, 0.2) is 35.5 Å². The number of alkyl halides is 3. The molecule has 0 saturated carbocycles. The van der Waals surface area contributed by atoms with E-state index in [1.165, 1.54) is 41.2 Å². The Labute approximate surface area is 165 Å². The summed E-state index contributed by atoms with van der Waals surface area (Å²) in [5.41, 5.74) is -0.730. The molecule has 3 heterocycles. The van der Waals surface area contributed by atoms with E-state index < -0.39 is 27.7 Å². The summed E-state index contributed by atoms with van der Waals surface area (Å²) in [5, 5.41) is -0.0426. The molecule has 0 unspecified atom stereocenters. The molecule has 0 atom stereocenters. The van der Waals surface area contributed by atoms with E-state index in [9.17, 15) is 26.4 Å². The number of anilines is 1. The van der Waals surface area contributed by atoms with Crippen LogP contribution in [-0.2, 0) is 28.0 Å². The Morgan fingerprint density at radius 1 is 1.10 bits per heavy atom. The molecule has 0 N–H and O–H groups in total. The molecule has 0 aromatic carbocycles. The van der Waals surface area contributed by atoms with Crippen LogP contribution < -0.4 is 4.90 Å². The maximum atomic E-state index is 12.9. The molecule has 1 aliphatic heterocycles. The molecule has 0 spiro atoms. The lowest BCUT2D eigenvalue weighted by Gasteiger charge is -2.34. The van der Waals surface area contributed by atoms with Crippen molar-refractivity contribution in [3.8, 4) is 0 Å². The van der Waals surface area contributed by atoms with E-state index in [1.807, 2.05) is 0 Å². The van der Waals surface area contributed by atoms with Crippen molar-refractivity contribution in [1.29, 1.82) is 0 Å². The van der Waals surface area contributed by atoms with Crippen molar-refractivity contribution in [2.45, 2.75) is 11.2 Å². The number of aromatic nitrogens is 2. The van der Waals surface area contributed by atoms with Gasteiger partial charge in [-0.2, -0.15) is 17.5 Å². The molecule has 0 amide bonds. The SMILES string of the molecule is COC(=O)c1ccc(S(=O)(=O)N2CCN(c3ccc(C(F)(F)F)cn3)CC2)n1C. The average Bonchev–Trinajstić information content (AvgIpc) is 3.09. The molecule has 1 fully saturated rings. The Hall–Kier alpha value is -2.60. The Morgan fingerprint density at radius 2 is 1.76 bits per heavy atom. The van der Waals surface area contributed by atoms with E-state index in [0.29, 0.717) is 5.82 Å². The highest BCUT2D eigenvalue weighted by molar-refractivity contribution is 7.89. The predicted octanol–water partition coefficient (Wildman–Crippen LogP) is 1.74. The molecule has 0 bridgehead atoms. The fourth-order valence-electron chi connectivity index (χ4n) is 3.09. The number of sulfonamides is 1. The second kappa shape index (κ2) is 7.67. The molecule has 158 valence electrons. The van der Waals surface area contributed by atoms with Crippen molar-refractivity contribution in [3.05, 3.63) is 41.7 Å². The van der Waals surface area contributed by atoms with Gasteiger partial charge in [-0.25, -0.2) is 18.2 Å². The summed E-state index contributed by atoms with van der Waals surface area (Å²) in [5.74, 6) is -0.297. The number of rotatable bonds is 4. The van der Waals surface area contributed by atoms with Crippen LogP contribution in [0.5, 0.6) is 0 Å². The lowest BCUT2D eigenvalue weighted by atomic mass is 10.2. The van der Waals surface area contributed by atoms with Gasteiger partial charge in [-0.15, -0.1) is 0 Å². The van der Waals surface area contributed by atoms with Crippen molar-refractivity contribution >= 4 is 21.8 Å². The number of hydrogen-bond donors (Lipinski definition) is 0. The van der Waals surface area contributed by atoms with Crippen LogP contribution in [0.2, 0.25) is 0 Å². The van der Waals surface area contributed by atoms with Crippen LogP contribution in [-0.4, -0.2) is 61.5 Å². The average molecular weight is 432 g/mol. The minimum absolute atomic E-state index is 0.0426. The van der Waals surface area contributed by atoms with Crippen LogP contribution in [0.25, 0.3) is 0 Å². The standard InChI is InChI=1S/C17H19F3N4O4S/c1-22-13(16(25)28-2)4-6-15(22)29(26,27)24-9-7-23(8-10-24)14-5-3-12(11-21-14)17(18,19)20/h3-6,11H,7-10H2,1-2H3. The number of methoxy groups -OCH3 is 1. The summed E-state index contributed by atoms with van der Waals surface area (Å²) < 4.78 is 71.0. The van der Waals surface area contributed by atoms with Crippen molar-refractivity contribution in [3.63, 3.8) is 0 Å². The molecule has 2 aromatic rings. The summed E-state index contributed by atoms with van der Waals surface area (Å²) in [6, 6.07) is 4.93. The quantitative estimate of drug-likeness (QED) is 0.685. The van der Waals surface area contributed by atoms with Gasteiger partial charge in [0.25, 0.3) is 10.0 Å². The van der Waals surface area contributed by atoms with Gasteiger partial charge in [0.2, 0.25) is 0 Å². The van der Waals surface area contributed by atoms with Gasteiger partial charge in [0, 0.05) is 39.4 Å². The van der Waals surface area contributed by atoms with E-state index in [1.54, 1.807) is 4.90 Å². The molecule has 0 aliphatic carbocycles. The van der Waals surface area contributed by atoms with Crippen LogP contribution >= 0.6 is 0 Å². The highest BCUT2D eigenvalue weighted by atomic mass is 32.2. The van der Waals surface area contributed by atoms with Crippen molar-refractivity contribution in [2.24, 2.45) is 7.05 Å². The highest BCUT2D eigenvalue weighted by Crippen LogP contribution is 2.29. The Balaban J connectivity index is 1.72. The van der Waals surface area contributed by atoms with E-state index >= 15 is 0 Å². The number of nitrogens with zero attached hydrogens (tertiary/aromatic N) is 4. The van der Waals surface area contributed by atoms with Crippen LogP contribution in [0.3, 0.4) is 0 Å². The first-order chi connectivity index (χ1) is 13.6. The van der Waals surface area contributed by atoms with Gasteiger partial charge in [0.05, 0.1) is 12.7 Å². The molecule has 8 nitrogen and oxygen atoms in total. The molecule has 2 aromatic heterocycles. The minimum atomic E-state index is -4.46. The third kappa shape index (κ3) is 4.08. The minimum Gasteiger partial charge on any atom is -0.464 e. The van der Waals surface area contributed by atoms with Crippen molar-refractivity contribution in [1.82, 2.24) is 13.9 Å². The fourth-order valence-corrected chi connectivity index (χ4v) is 4.68. The summed E-state index contributed by atoms with van der Waals surface area (Å²) in [6.07, 6.45) is -3.70. The number of halogens is 3. The summed E-state index contributed by atoms with van der Waals surface area (Å²) >= 11 is 0. The predicted molar refractivity (Wildman–Crippen MR) is 97.0 cm³/mol. The lowest BCUT2D eigenvalue weighted by molar-refractivity contribution is -0.137. The van der Waals surface area contributed by atoms with E-state index in [2.05, 4.69) is 9.72 Å². The van der Waals surface area contributed by atoms with Crippen molar-refractivity contribution in [2.75, 3.05) is 38.2 Å². The molecular formula is C17H19F3N4O4S. The number of piperazine rings is 1. The van der Waals surface area contributed by atoms with E-state index in [0.717, 1.165) is 12.3 Å². The third-order valence-electron chi connectivity index (χ3n) is 4.71. The molecule has 1 aliphatic rings. The Kier molecular flexibility index (Phi) is 5.59. The van der Waals surface area contributed by atoms with Gasteiger partial charge in [-0.1, -0.05) is 0 Å². The summed E-state index contributed by atoms with van der Waals surface area (Å²) in [6.45, 7) is 0.797. The smallest absolute Gasteiger partial charge is 0.417 e.